The van der Waals surface area contributed by atoms with E-state index < -0.39 is 5.60 Å². The Balaban J connectivity index is 1.14. The number of benzene rings is 2. The number of anilines is 1. The van der Waals surface area contributed by atoms with Gasteiger partial charge in [-0.15, -0.1) is 0 Å². The van der Waals surface area contributed by atoms with Crippen LogP contribution in [0.1, 0.15) is 58.6 Å². The summed E-state index contributed by atoms with van der Waals surface area (Å²) in [7, 11) is 0. The average molecular weight is 561 g/mol. The molecule has 1 aliphatic heterocycles. The van der Waals surface area contributed by atoms with Gasteiger partial charge in [0.25, 0.3) is 0 Å². The van der Waals surface area contributed by atoms with Crippen molar-refractivity contribution in [3.8, 4) is 17.5 Å². The van der Waals surface area contributed by atoms with E-state index in [9.17, 15) is 4.79 Å². The van der Waals surface area contributed by atoms with Crippen LogP contribution in [-0.2, 0) is 14.9 Å². The number of hydrogen-bond donors (Lipinski definition) is 1. The number of ether oxygens (including phenoxy) is 4. The van der Waals surface area contributed by atoms with Gasteiger partial charge >= 0.3 is 12.1 Å². The predicted molar refractivity (Wildman–Crippen MR) is 157 cm³/mol. The topological polar surface area (TPSA) is 95.0 Å². The van der Waals surface area contributed by atoms with Gasteiger partial charge in [0.2, 0.25) is 0 Å². The van der Waals surface area contributed by atoms with Crippen molar-refractivity contribution in [2.75, 3.05) is 31.2 Å². The molecule has 41 heavy (non-hydrogen) atoms. The van der Waals surface area contributed by atoms with E-state index >= 15 is 0 Å². The van der Waals surface area contributed by atoms with Gasteiger partial charge in [0.1, 0.15) is 29.0 Å². The summed E-state index contributed by atoms with van der Waals surface area (Å²) < 4.78 is 22.9. The molecule has 3 aromatic rings. The molecule has 2 aliphatic rings. The lowest BCUT2D eigenvalue weighted by Crippen LogP contribution is -2.50. The van der Waals surface area contributed by atoms with Crippen molar-refractivity contribution in [2.45, 2.75) is 70.6 Å². The molecule has 0 bridgehead atoms. The molecule has 0 spiro atoms. The molecule has 2 aromatic carbocycles. The summed E-state index contributed by atoms with van der Waals surface area (Å²) in [6.07, 6.45) is 2.97. The third-order valence-electron chi connectivity index (χ3n) is 7.43. The van der Waals surface area contributed by atoms with Crippen LogP contribution in [0.25, 0.3) is 0 Å². The van der Waals surface area contributed by atoms with E-state index in [0.29, 0.717) is 25.0 Å². The number of hydrogen-bond acceptors (Lipinski definition) is 8. The third-order valence-corrected chi connectivity index (χ3v) is 7.43. The van der Waals surface area contributed by atoms with Crippen LogP contribution in [-0.4, -0.2) is 60.1 Å². The highest BCUT2D eigenvalue weighted by Crippen LogP contribution is 2.35. The first-order chi connectivity index (χ1) is 19.5. The number of nitrogens with one attached hydrogen (secondary N) is 1. The Labute approximate surface area is 242 Å². The molecule has 1 saturated carbocycles. The maximum atomic E-state index is 12.0. The summed E-state index contributed by atoms with van der Waals surface area (Å²) in [5, 5.41) is 2.91. The van der Waals surface area contributed by atoms with Crippen LogP contribution in [0.3, 0.4) is 0 Å². The molecular weight excluding hydrogens is 520 g/mol. The van der Waals surface area contributed by atoms with Gasteiger partial charge in [-0.3, -0.25) is 0 Å². The van der Waals surface area contributed by atoms with Crippen LogP contribution >= 0.6 is 0 Å². The second-order valence-electron chi connectivity index (χ2n) is 12.1. The Morgan fingerprint density at radius 3 is 2.12 bits per heavy atom. The number of rotatable bonds is 8. The molecule has 1 aromatic heterocycles. The van der Waals surface area contributed by atoms with Crippen LogP contribution in [0.2, 0.25) is 0 Å². The summed E-state index contributed by atoms with van der Waals surface area (Å²) in [4.78, 5) is 23.0. The molecule has 9 nitrogen and oxygen atoms in total. The van der Waals surface area contributed by atoms with Gasteiger partial charge in [0.05, 0.1) is 13.2 Å². The molecule has 0 atom stereocenters. The number of alkyl carbamates (subject to hydrolysis) is 1. The highest BCUT2D eigenvalue weighted by atomic mass is 16.6. The maximum Gasteiger partial charge on any atom is 0.407 e. The molecule has 2 heterocycles. The normalized spacial score (nSPS) is 19.2. The van der Waals surface area contributed by atoms with Crippen molar-refractivity contribution in [1.82, 2.24) is 15.3 Å². The molecule has 1 N–H and O–H groups in total. The molecule has 5 rings (SSSR count). The minimum Gasteiger partial charge on any atom is -0.490 e. The van der Waals surface area contributed by atoms with Gasteiger partial charge < -0.3 is 29.2 Å². The average Bonchev–Trinajstić information content (AvgIpc) is 2.92. The van der Waals surface area contributed by atoms with Crippen LogP contribution in [0.4, 0.5) is 10.6 Å². The van der Waals surface area contributed by atoms with E-state index in [1.54, 1.807) is 6.20 Å². The lowest BCUT2D eigenvalue weighted by atomic mass is 9.78. The number of nitrogens with zero attached hydrogens (tertiary/aromatic N) is 3. The standard InChI is InChI=1S/C32H40N4O5/c1-31(2,3)41-30(37)34-24-20-27(21-24)39-25-10-6-22(7-11-25)32(4,5)23-8-12-26(13-9-23)40-29-33-15-14-28(35-29)36-16-18-38-19-17-36/h6-15,24,27H,16-21H2,1-5H3,(H,34,37)/t24-,27+. The monoisotopic (exact) mass is 560 g/mol. The minimum atomic E-state index is -0.500. The summed E-state index contributed by atoms with van der Waals surface area (Å²) in [5.41, 5.74) is 1.62. The number of carbonyl (C=O) groups is 1. The van der Waals surface area contributed by atoms with Gasteiger partial charge in [0.15, 0.2) is 0 Å². The zero-order chi connectivity index (χ0) is 29.0. The minimum absolute atomic E-state index is 0.0832. The van der Waals surface area contributed by atoms with Crippen molar-refractivity contribution in [1.29, 1.82) is 0 Å². The first kappa shape index (κ1) is 28.7. The van der Waals surface area contributed by atoms with E-state index in [1.807, 2.05) is 51.1 Å². The fourth-order valence-electron chi connectivity index (χ4n) is 4.96. The number of amides is 1. The van der Waals surface area contributed by atoms with E-state index in [-0.39, 0.29) is 23.7 Å². The summed E-state index contributed by atoms with van der Waals surface area (Å²) >= 11 is 0. The van der Waals surface area contributed by atoms with Crippen molar-refractivity contribution < 1.29 is 23.7 Å². The zero-order valence-electron chi connectivity index (χ0n) is 24.6. The van der Waals surface area contributed by atoms with E-state index in [0.717, 1.165) is 43.1 Å². The number of morpholine rings is 1. The number of aromatic nitrogens is 2. The molecule has 1 saturated heterocycles. The van der Waals surface area contributed by atoms with Crippen molar-refractivity contribution in [3.63, 3.8) is 0 Å². The third kappa shape index (κ3) is 7.47. The van der Waals surface area contributed by atoms with Crippen LogP contribution in [0, 0.1) is 0 Å². The highest BCUT2D eigenvalue weighted by molar-refractivity contribution is 5.68. The molecule has 1 aliphatic carbocycles. The van der Waals surface area contributed by atoms with Crippen LogP contribution in [0.5, 0.6) is 17.5 Å². The Bertz CT molecular complexity index is 1310. The Hall–Kier alpha value is -3.85. The molecule has 0 radical (unpaired) electrons. The fraction of sp³-hybridized carbons (Fsp3) is 0.469. The first-order valence-corrected chi connectivity index (χ1v) is 14.3. The quantitative estimate of drug-likeness (QED) is 0.366. The Morgan fingerprint density at radius 2 is 1.51 bits per heavy atom. The Morgan fingerprint density at radius 1 is 0.902 bits per heavy atom. The maximum absolute atomic E-state index is 12.0. The fourth-order valence-corrected chi connectivity index (χ4v) is 4.96. The lowest BCUT2D eigenvalue weighted by molar-refractivity contribution is 0.0363. The predicted octanol–water partition coefficient (Wildman–Crippen LogP) is 5.87. The largest absolute Gasteiger partial charge is 0.490 e. The number of carbonyl (C=O) groups excluding carboxylic acids is 1. The van der Waals surface area contributed by atoms with Crippen molar-refractivity contribution in [2.24, 2.45) is 0 Å². The second-order valence-corrected chi connectivity index (χ2v) is 12.1. The summed E-state index contributed by atoms with van der Waals surface area (Å²) in [6.45, 7) is 13.0. The van der Waals surface area contributed by atoms with Crippen LogP contribution < -0.4 is 19.7 Å². The zero-order valence-corrected chi connectivity index (χ0v) is 24.6. The van der Waals surface area contributed by atoms with Gasteiger partial charge in [-0.1, -0.05) is 38.1 Å². The van der Waals surface area contributed by atoms with Gasteiger partial charge in [-0.25, -0.2) is 9.78 Å². The first-order valence-electron chi connectivity index (χ1n) is 14.3. The lowest BCUT2D eigenvalue weighted by Gasteiger charge is -2.36. The molecule has 0 unspecified atom stereocenters. The SMILES string of the molecule is CC(C)(C)OC(=O)N[C@H]1C[C@@H](Oc2ccc(C(C)(C)c3ccc(Oc4nccc(N5CCOCC5)n4)cc3)cc2)C1. The van der Waals surface area contributed by atoms with E-state index in [2.05, 4.69) is 58.3 Å². The molecule has 1 amide bonds. The molecule has 9 heteroatoms. The molecular formula is C32H40N4O5. The summed E-state index contributed by atoms with van der Waals surface area (Å²) in [5.74, 6) is 2.36. The van der Waals surface area contributed by atoms with Gasteiger partial charge in [-0.2, -0.15) is 4.98 Å². The van der Waals surface area contributed by atoms with Gasteiger partial charge in [0, 0.05) is 43.6 Å². The smallest absolute Gasteiger partial charge is 0.407 e. The summed E-state index contributed by atoms with van der Waals surface area (Å²) in [6, 6.07) is 18.6. The van der Waals surface area contributed by atoms with E-state index in [4.69, 9.17) is 18.9 Å². The second kappa shape index (κ2) is 11.9. The van der Waals surface area contributed by atoms with Crippen molar-refractivity contribution in [3.05, 3.63) is 71.9 Å². The Kier molecular flexibility index (Phi) is 8.35. The highest BCUT2D eigenvalue weighted by Gasteiger charge is 2.33. The van der Waals surface area contributed by atoms with Gasteiger partial charge in [-0.05, 0) is 62.2 Å². The van der Waals surface area contributed by atoms with Crippen LogP contribution in [0.15, 0.2) is 60.8 Å². The molecule has 218 valence electrons. The van der Waals surface area contributed by atoms with Crippen molar-refractivity contribution >= 4 is 11.9 Å². The van der Waals surface area contributed by atoms with E-state index in [1.165, 1.54) is 5.56 Å². The molecule has 2 fully saturated rings.